The Morgan fingerprint density at radius 1 is 0.758 bits per heavy atom. The van der Waals surface area contributed by atoms with E-state index in [1.54, 1.807) is 18.3 Å². The Labute approximate surface area is 194 Å². The molecule has 0 fully saturated rings. The zero-order valence-corrected chi connectivity index (χ0v) is 18.0. The van der Waals surface area contributed by atoms with Crippen molar-refractivity contribution >= 4 is 47.0 Å². The molecule has 0 atom stereocenters. The van der Waals surface area contributed by atoms with E-state index in [0.29, 0.717) is 34.0 Å². The lowest BCUT2D eigenvalue weighted by atomic mass is 10.2. The maximum atomic E-state index is 6.30. The van der Waals surface area contributed by atoms with Gasteiger partial charge in [0.15, 0.2) is 11.5 Å². The average molecular weight is 460 g/mol. The number of aromatic nitrogens is 3. The van der Waals surface area contributed by atoms with Gasteiger partial charge >= 0.3 is 0 Å². The van der Waals surface area contributed by atoms with Gasteiger partial charge in [-0.15, -0.1) is 0 Å². The van der Waals surface area contributed by atoms with Crippen LogP contribution >= 0.6 is 11.6 Å². The Balaban J connectivity index is 1.39. The molecule has 1 aliphatic heterocycles. The first kappa shape index (κ1) is 20.5. The predicted molar refractivity (Wildman–Crippen MR) is 128 cm³/mol. The fourth-order valence-corrected chi connectivity index (χ4v) is 3.23. The second-order valence-corrected chi connectivity index (χ2v) is 7.29. The molecule has 0 amide bonds. The maximum Gasteiger partial charge on any atom is 0.250 e. The van der Waals surface area contributed by atoms with Crippen molar-refractivity contribution in [3.05, 3.63) is 83.4 Å². The smallest absolute Gasteiger partial charge is 0.250 e. The summed E-state index contributed by atoms with van der Waals surface area (Å²) in [5, 5.41) is 11.1. The van der Waals surface area contributed by atoms with Crippen LogP contribution in [0, 0.1) is 0 Å². The summed E-state index contributed by atoms with van der Waals surface area (Å²) in [6, 6.07) is 22.7. The van der Waals surface area contributed by atoms with E-state index in [1.165, 1.54) is 0 Å². The van der Waals surface area contributed by atoms with Crippen LogP contribution in [0.2, 0.25) is 5.02 Å². The third kappa shape index (κ3) is 5.10. The number of halogens is 1. The van der Waals surface area contributed by atoms with Gasteiger partial charge in [0.1, 0.15) is 0 Å². The van der Waals surface area contributed by atoms with Gasteiger partial charge in [0, 0.05) is 23.0 Å². The maximum absolute atomic E-state index is 6.30. The molecule has 0 spiro atoms. The number of rotatable bonds is 7. The van der Waals surface area contributed by atoms with E-state index in [1.807, 2.05) is 60.7 Å². The molecule has 10 heteroatoms. The summed E-state index contributed by atoms with van der Waals surface area (Å²) in [5.74, 6) is 2.18. The van der Waals surface area contributed by atoms with Crippen molar-refractivity contribution in [2.45, 2.75) is 0 Å². The second-order valence-electron chi connectivity index (χ2n) is 6.89. The molecule has 3 aromatic carbocycles. The SMILES string of the molecule is Clc1cc2c(cc1C=NNc1nc(Nc3ccccc3)nc(Nc3ccccc3)n1)OCO2. The second kappa shape index (κ2) is 9.41. The van der Waals surface area contributed by atoms with Crippen LogP contribution in [0.1, 0.15) is 5.56 Å². The summed E-state index contributed by atoms with van der Waals surface area (Å²) in [6.45, 7) is 0.170. The molecule has 0 bridgehead atoms. The molecule has 4 aromatic rings. The molecule has 1 aliphatic rings. The van der Waals surface area contributed by atoms with Crippen molar-refractivity contribution in [1.29, 1.82) is 0 Å². The van der Waals surface area contributed by atoms with E-state index in [0.717, 1.165) is 11.4 Å². The van der Waals surface area contributed by atoms with Gasteiger partial charge in [-0.25, -0.2) is 5.43 Å². The standard InChI is InChI=1S/C23H18ClN7O2/c24-18-12-20-19(32-14-33-20)11-15(18)13-25-31-23-29-21(26-16-7-3-1-4-8-16)28-22(30-23)27-17-9-5-2-6-10-17/h1-13H,14H2,(H3,26,27,28,29,30,31). The molecule has 164 valence electrons. The topological polar surface area (TPSA) is 106 Å². The lowest BCUT2D eigenvalue weighted by Gasteiger charge is -2.10. The zero-order valence-electron chi connectivity index (χ0n) is 17.2. The number of nitrogens with one attached hydrogen (secondary N) is 3. The number of hydrogen-bond donors (Lipinski definition) is 3. The lowest BCUT2D eigenvalue weighted by Crippen LogP contribution is -2.07. The van der Waals surface area contributed by atoms with Crippen LogP contribution in [-0.2, 0) is 0 Å². The third-order valence-corrected chi connectivity index (χ3v) is 4.88. The van der Waals surface area contributed by atoms with Crippen LogP contribution in [-0.4, -0.2) is 28.0 Å². The predicted octanol–water partition coefficient (Wildman–Crippen LogP) is 5.19. The number of nitrogens with zero attached hydrogens (tertiary/aromatic N) is 4. The van der Waals surface area contributed by atoms with Crippen LogP contribution in [0.3, 0.4) is 0 Å². The van der Waals surface area contributed by atoms with Crippen molar-refractivity contribution < 1.29 is 9.47 Å². The van der Waals surface area contributed by atoms with Gasteiger partial charge < -0.3 is 20.1 Å². The van der Waals surface area contributed by atoms with Gasteiger partial charge in [-0.05, 0) is 30.3 Å². The summed E-state index contributed by atoms with van der Waals surface area (Å²) in [4.78, 5) is 13.3. The van der Waals surface area contributed by atoms with Crippen LogP contribution in [0.5, 0.6) is 11.5 Å². The average Bonchev–Trinajstić information content (AvgIpc) is 3.27. The minimum absolute atomic E-state index is 0.170. The quantitative estimate of drug-likeness (QED) is 0.256. The number of benzene rings is 3. The van der Waals surface area contributed by atoms with E-state index >= 15 is 0 Å². The number of fused-ring (bicyclic) bond motifs is 1. The lowest BCUT2D eigenvalue weighted by molar-refractivity contribution is 0.174. The summed E-state index contributed by atoms with van der Waals surface area (Å²) in [6.07, 6.45) is 1.56. The highest BCUT2D eigenvalue weighted by Gasteiger charge is 2.15. The largest absolute Gasteiger partial charge is 0.454 e. The van der Waals surface area contributed by atoms with Gasteiger partial charge in [0.25, 0.3) is 0 Å². The van der Waals surface area contributed by atoms with Crippen LogP contribution in [0.4, 0.5) is 29.2 Å². The molecule has 0 radical (unpaired) electrons. The van der Waals surface area contributed by atoms with E-state index < -0.39 is 0 Å². The molecule has 2 heterocycles. The van der Waals surface area contributed by atoms with Gasteiger partial charge in [0.05, 0.1) is 11.2 Å². The Kier molecular flexibility index (Phi) is 5.85. The highest BCUT2D eigenvalue weighted by molar-refractivity contribution is 6.33. The first-order valence-corrected chi connectivity index (χ1v) is 10.4. The normalized spacial score (nSPS) is 12.0. The zero-order chi connectivity index (χ0) is 22.5. The summed E-state index contributed by atoms with van der Waals surface area (Å²) in [5.41, 5.74) is 5.18. The van der Waals surface area contributed by atoms with Crippen molar-refractivity contribution in [2.75, 3.05) is 22.9 Å². The molecule has 0 unspecified atom stereocenters. The van der Waals surface area contributed by atoms with Crippen molar-refractivity contribution in [3.63, 3.8) is 0 Å². The highest BCUT2D eigenvalue weighted by atomic mass is 35.5. The molecule has 5 rings (SSSR count). The molecule has 0 saturated carbocycles. The van der Waals surface area contributed by atoms with Crippen molar-refractivity contribution in [2.24, 2.45) is 5.10 Å². The third-order valence-electron chi connectivity index (χ3n) is 4.56. The molecular weight excluding hydrogens is 442 g/mol. The number of hydrogen-bond acceptors (Lipinski definition) is 9. The molecule has 33 heavy (non-hydrogen) atoms. The van der Waals surface area contributed by atoms with Crippen LogP contribution in [0.15, 0.2) is 77.9 Å². The first-order valence-electron chi connectivity index (χ1n) is 10.0. The monoisotopic (exact) mass is 459 g/mol. The molecular formula is C23H18ClN7O2. The van der Waals surface area contributed by atoms with E-state index in [-0.39, 0.29) is 12.7 Å². The van der Waals surface area contributed by atoms with E-state index in [2.05, 4.69) is 36.1 Å². The fraction of sp³-hybridized carbons (Fsp3) is 0.0435. The number of anilines is 5. The number of ether oxygens (including phenoxy) is 2. The van der Waals surface area contributed by atoms with Gasteiger partial charge in [-0.3, -0.25) is 0 Å². The van der Waals surface area contributed by atoms with Gasteiger partial charge in [0.2, 0.25) is 24.6 Å². The minimum Gasteiger partial charge on any atom is -0.454 e. The molecule has 9 nitrogen and oxygen atoms in total. The Morgan fingerprint density at radius 3 is 1.91 bits per heavy atom. The van der Waals surface area contributed by atoms with Crippen LogP contribution < -0.4 is 25.5 Å². The van der Waals surface area contributed by atoms with Gasteiger partial charge in [-0.1, -0.05) is 48.0 Å². The van der Waals surface area contributed by atoms with E-state index in [9.17, 15) is 0 Å². The molecule has 0 aliphatic carbocycles. The number of para-hydroxylation sites is 2. The molecule has 0 saturated heterocycles. The van der Waals surface area contributed by atoms with Crippen molar-refractivity contribution in [1.82, 2.24) is 15.0 Å². The van der Waals surface area contributed by atoms with Crippen molar-refractivity contribution in [3.8, 4) is 11.5 Å². The van der Waals surface area contributed by atoms with Gasteiger partial charge in [-0.2, -0.15) is 20.1 Å². The Hall–Kier alpha value is -4.37. The Morgan fingerprint density at radius 2 is 1.30 bits per heavy atom. The summed E-state index contributed by atoms with van der Waals surface area (Å²) < 4.78 is 10.7. The summed E-state index contributed by atoms with van der Waals surface area (Å²) in [7, 11) is 0. The minimum atomic E-state index is 0.170. The molecule has 3 N–H and O–H groups in total. The fourth-order valence-electron chi connectivity index (χ4n) is 3.03. The molecule has 1 aromatic heterocycles. The number of hydrazone groups is 1. The highest BCUT2D eigenvalue weighted by Crippen LogP contribution is 2.36. The summed E-state index contributed by atoms with van der Waals surface area (Å²) >= 11 is 6.30. The Bertz CT molecular complexity index is 1230. The van der Waals surface area contributed by atoms with Crippen LogP contribution in [0.25, 0.3) is 0 Å². The first-order chi connectivity index (χ1) is 16.2. The van der Waals surface area contributed by atoms with E-state index in [4.69, 9.17) is 21.1 Å².